The van der Waals surface area contributed by atoms with Crippen molar-refractivity contribution in [3.63, 3.8) is 0 Å². The van der Waals surface area contributed by atoms with Crippen molar-refractivity contribution in [3.05, 3.63) is 0 Å². The molecule has 2 atom stereocenters. The summed E-state index contributed by atoms with van der Waals surface area (Å²) in [6.45, 7) is 10.5. The summed E-state index contributed by atoms with van der Waals surface area (Å²) in [5.41, 5.74) is 0.361. The Morgan fingerprint density at radius 2 is 1.89 bits per heavy atom. The van der Waals surface area contributed by atoms with E-state index in [1.807, 2.05) is 0 Å². The van der Waals surface area contributed by atoms with Gasteiger partial charge in [-0.3, -0.25) is 0 Å². The first-order valence-electron chi connectivity index (χ1n) is 7.35. The van der Waals surface area contributed by atoms with Gasteiger partial charge in [-0.2, -0.15) is 0 Å². The molecule has 3 heteroatoms. The minimum Gasteiger partial charge on any atom is -0.384 e. The minimum absolute atomic E-state index is 0.361. The fraction of sp³-hybridized carbons (Fsp3) is 1.00. The quantitative estimate of drug-likeness (QED) is 0.546. The molecule has 3 nitrogen and oxygen atoms in total. The fourth-order valence-corrected chi connectivity index (χ4v) is 2.63. The molecule has 0 radical (unpaired) electrons. The zero-order chi connectivity index (χ0) is 13.9. The number of hydrogen-bond acceptors (Lipinski definition) is 3. The highest BCUT2D eigenvalue weighted by atomic mass is 16.5. The van der Waals surface area contributed by atoms with E-state index >= 15 is 0 Å². The van der Waals surface area contributed by atoms with Crippen molar-refractivity contribution in [1.82, 2.24) is 5.32 Å². The molecule has 0 saturated heterocycles. The molecule has 0 rings (SSSR count). The van der Waals surface area contributed by atoms with Crippen molar-refractivity contribution in [2.75, 3.05) is 40.5 Å². The van der Waals surface area contributed by atoms with Gasteiger partial charge in [0.15, 0.2) is 0 Å². The molecule has 0 heterocycles. The first-order chi connectivity index (χ1) is 8.66. The first kappa shape index (κ1) is 17.9. The van der Waals surface area contributed by atoms with E-state index < -0.39 is 0 Å². The average molecular weight is 259 g/mol. The second-order valence-corrected chi connectivity index (χ2v) is 5.35. The van der Waals surface area contributed by atoms with E-state index in [-0.39, 0.29) is 0 Å². The van der Waals surface area contributed by atoms with Gasteiger partial charge in [0, 0.05) is 33.9 Å². The maximum absolute atomic E-state index is 5.37. The van der Waals surface area contributed by atoms with Crippen LogP contribution in [0.15, 0.2) is 0 Å². The van der Waals surface area contributed by atoms with Gasteiger partial charge in [0.25, 0.3) is 0 Å². The zero-order valence-electron chi connectivity index (χ0n) is 13.1. The zero-order valence-corrected chi connectivity index (χ0v) is 13.1. The summed E-state index contributed by atoms with van der Waals surface area (Å²) in [6, 6.07) is 0. The standard InChI is InChI=1S/C15H33NO2/c1-6-8-9-15(7-2,14(3)12-18-5)13-16-10-11-17-4/h14,16H,6-13H2,1-5H3. The molecule has 0 saturated carbocycles. The Kier molecular flexibility index (Phi) is 10.7. The fourth-order valence-electron chi connectivity index (χ4n) is 2.63. The second kappa shape index (κ2) is 10.8. The van der Waals surface area contributed by atoms with E-state index in [0.717, 1.165) is 26.3 Å². The summed E-state index contributed by atoms with van der Waals surface area (Å²) in [5, 5.41) is 3.55. The predicted octanol–water partition coefficient (Wildman–Crippen LogP) is 3.09. The van der Waals surface area contributed by atoms with Gasteiger partial charge in [0.1, 0.15) is 0 Å². The lowest BCUT2D eigenvalue weighted by molar-refractivity contribution is 0.0555. The van der Waals surface area contributed by atoms with Crippen molar-refractivity contribution in [3.8, 4) is 0 Å². The molecule has 110 valence electrons. The van der Waals surface area contributed by atoms with Crippen molar-refractivity contribution >= 4 is 0 Å². The molecule has 1 N–H and O–H groups in total. The van der Waals surface area contributed by atoms with Crippen molar-refractivity contribution in [2.45, 2.75) is 46.5 Å². The van der Waals surface area contributed by atoms with Crippen molar-refractivity contribution < 1.29 is 9.47 Å². The summed E-state index contributed by atoms with van der Waals surface area (Å²) < 4.78 is 10.5. The Morgan fingerprint density at radius 3 is 2.39 bits per heavy atom. The molecule has 0 aromatic carbocycles. The van der Waals surface area contributed by atoms with Crippen LogP contribution in [-0.4, -0.2) is 40.5 Å². The molecule has 0 bridgehead atoms. The van der Waals surface area contributed by atoms with Gasteiger partial charge >= 0.3 is 0 Å². The Hall–Kier alpha value is -0.120. The number of ether oxygens (including phenoxy) is 2. The van der Waals surface area contributed by atoms with Crippen LogP contribution in [0.25, 0.3) is 0 Å². The van der Waals surface area contributed by atoms with Crippen LogP contribution in [0.2, 0.25) is 0 Å². The Morgan fingerprint density at radius 1 is 1.17 bits per heavy atom. The van der Waals surface area contributed by atoms with Crippen molar-refractivity contribution in [1.29, 1.82) is 0 Å². The van der Waals surface area contributed by atoms with Crippen LogP contribution in [-0.2, 0) is 9.47 Å². The van der Waals surface area contributed by atoms with Gasteiger partial charge in [-0.1, -0.05) is 33.6 Å². The summed E-state index contributed by atoms with van der Waals surface area (Å²) in [4.78, 5) is 0. The molecule has 0 aliphatic heterocycles. The largest absolute Gasteiger partial charge is 0.384 e. The average Bonchev–Trinajstić information content (AvgIpc) is 2.39. The molecular formula is C15H33NO2. The van der Waals surface area contributed by atoms with Crippen LogP contribution in [0.4, 0.5) is 0 Å². The molecular weight excluding hydrogens is 226 g/mol. The second-order valence-electron chi connectivity index (χ2n) is 5.35. The number of rotatable bonds is 12. The van der Waals surface area contributed by atoms with Crippen LogP contribution in [0.3, 0.4) is 0 Å². The summed E-state index contributed by atoms with van der Waals surface area (Å²) in [7, 11) is 3.55. The number of nitrogens with one attached hydrogen (secondary N) is 1. The molecule has 0 aliphatic carbocycles. The van der Waals surface area contributed by atoms with Gasteiger partial charge < -0.3 is 14.8 Å². The lowest BCUT2D eigenvalue weighted by Crippen LogP contribution is -2.41. The SMILES string of the molecule is CCCCC(CC)(CNCCOC)C(C)COC. The van der Waals surface area contributed by atoms with E-state index in [2.05, 4.69) is 26.1 Å². The molecule has 2 unspecified atom stereocenters. The van der Waals surface area contributed by atoms with Crippen molar-refractivity contribution in [2.24, 2.45) is 11.3 Å². The topological polar surface area (TPSA) is 30.5 Å². The highest BCUT2D eigenvalue weighted by Gasteiger charge is 2.33. The Balaban J connectivity index is 4.43. The van der Waals surface area contributed by atoms with E-state index in [9.17, 15) is 0 Å². The normalized spacial score (nSPS) is 16.5. The highest BCUT2D eigenvalue weighted by molar-refractivity contribution is 4.85. The van der Waals surface area contributed by atoms with E-state index in [4.69, 9.17) is 9.47 Å². The van der Waals surface area contributed by atoms with E-state index in [0.29, 0.717) is 11.3 Å². The van der Waals surface area contributed by atoms with Gasteiger partial charge in [-0.15, -0.1) is 0 Å². The third kappa shape index (κ3) is 6.17. The number of methoxy groups -OCH3 is 2. The summed E-state index contributed by atoms with van der Waals surface area (Å²) >= 11 is 0. The number of hydrogen-bond donors (Lipinski definition) is 1. The third-order valence-electron chi connectivity index (χ3n) is 4.15. The van der Waals surface area contributed by atoms with Crippen LogP contribution < -0.4 is 5.32 Å². The lowest BCUT2D eigenvalue weighted by atomic mass is 9.70. The van der Waals surface area contributed by atoms with Gasteiger partial charge in [-0.05, 0) is 24.2 Å². The van der Waals surface area contributed by atoms with Crippen LogP contribution in [0.1, 0.15) is 46.5 Å². The maximum atomic E-state index is 5.37. The molecule has 0 aromatic heterocycles. The summed E-state index contributed by atoms with van der Waals surface area (Å²) in [6.07, 6.45) is 5.05. The Labute approximate surface area is 114 Å². The van der Waals surface area contributed by atoms with Crippen LogP contribution in [0, 0.1) is 11.3 Å². The third-order valence-corrected chi connectivity index (χ3v) is 4.15. The van der Waals surface area contributed by atoms with Crippen LogP contribution >= 0.6 is 0 Å². The van der Waals surface area contributed by atoms with Gasteiger partial charge in [-0.25, -0.2) is 0 Å². The molecule has 0 aliphatic rings. The van der Waals surface area contributed by atoms with Crippen LogP contribution in [0.5, 0.6) is 0 Å². The molecule has 0 fully saturated rings. The van der Waals surface area contributed by atoms with E-state index in [1.165, 1.54) is 25.7 Å². The molecule has 18 heavy (non-hydrogen) atoms. The minimum atomic E-state index is 0.361. The molecule has 0 spiro atoms. The first-order valence-corrected chi connectivity index (χ1v) is 7.35. The predicted molar refractivity (Wildman–Crippen MR) is 78.0 cm³/mol. The molecule has 0 amide bonds. The lowest BCUT2D eigenvalue weighted by Gasteiger charge is -2.39. The monoisotopic (exact) mass is 259 g/mol. The van der Waals surface area contributed by atoms with E-state index in [1.54, 1.807) is 14.2 Å². The van der Waals surface area contributed by atoms with Gasteiger partial charge in [0.05, 0.1) is 6.61 Å². The summed E-state index contributed by atoms with van der Waals surface area (Å²) in [5.74, 6) is 0.592. The van der Waals surface area contributed by atoms with Gasteiger partial charge in [0.2, 0.25) is 0 Å². The smallest absolute Gasteiger partial charge is 0.0587 e. The maximum Gasteiger partial charge on any atom is 0.0587 e. The highest BCUT2D eigenvalue weighted by Crippen LogP contribution is 2.36. The number of unbranched alkanes of at least 4 members (excludes halogenated alkanes) is 1. The Bertz CT molecular complexity index is 187. The molecule has 0 aromatic rings.